The molecule has 0 radical (unpaired) electrons. The van der Waals surface area contributed by atoms with E-state index in [1.807, 2.05) is 19.3 Å². The third-order valence-corrected chi connectivity index (χ3v) is 2.07. The highest BCUT2D eigenvalue weighted by atomic mass is 35.5. The number of alkyl halides is 1. The van der Waals surface area contributed by atoms with E-state index in [-0.39, 0.29) is 5.38 Å². The SMILES string of the molecule is COCC(Cl)CNCc1ccn(C)n1. The van der Waals surface area contributed by atoms with E-state index in [0.29, 0.717) is 6.61 Å². The van der Waals surface area contributed by atoms with Crippen LogP contribution in [0.4, 0.5) is 0 Å². The molecule has 0 spiro atoms. The van der Waals surface area contributed by atoms with E-state index in [1.165, 1.54) is 0 Å². The maximum Gasteiger partial charge on any atom is 0.0762 e. The van der Waals surface area contributed by atoms with Gasteiger partial charge in [-0.1, -0.05) is 0 Å². The average Bonchev–Trinajstić information content (AvgIpc) is 2.52. The molecule has 0 fully saturated rings. The molecule has 0 saturated carbocycles. The molecule has 0 aromatic carbocycles. The van der Waals surface area contributed by atoms with E-state index in [2.05, 4.69) is 10.4 Å². The first-order chi connectivity index (χ1) is 6.72. The first kappa shape index (κ1) is 11.5. The highest BCUT2D eigenvalue weighted by molar-refractivity contribution is 6.20. The van der Waals surface area contributed by atoms with Gasteiger partial charge in [-0.3, -0.25) is 4.68 Å². The predicted octanol–water partition coefficient (Wildman–Crippen LogP) is 0.764. The summed E-state index contributed by atoms with van der Waals surface area (Å²) in [4.78, 5) is 0. The number of nitrogens with zero attached hydrogens (tertiary/aromatic N) is 2. The number of hydrogen-bond donors (Lipinski definition) is 1. The van der Waals surface area contributed by atoms with Gasteiger partial charge in [0.15, 0.2) is 0 Å². The van der Waals surface area contributed by atoms with Crippen molar-refractivity contribution in [2.75, 3.05) is 20.3 Å². The van der Waals surface area contributed by atoms with Crippen LogP contribution in [0, 0.1) is 0 Å². The molecule has 1 N–H and O–H groups in total. The summed E-state index contributed by atoms with van der Waals surface area (Å²) >= 11 is 5.94. The first-order valence-electron chi connectivity index (χ1n) is 4.54. The van der Waals surface area contributed by atoms with Crippen molar-refractivity contribution in [2.45, 2.75) is 11.9 Å². The molecule has 14 heavy (non-hydrogen) atoms. The molecule has 1 aromatic rings. The summed E-state index contributed by atoms with van der Waals surface area (Å²) < 4.78 is 6.70. The Bertz CT molecular complexity index is 264. The summed E-state index contributed by atoms with van der Waals surface area (Å²) in [7, 11) is 3.55. The smallest absolute Gasteiger partial charge is 0.0762 e. The Labute approximate surface area is 89.2 Å². The predicted molar refractivity (Wildman–Crippen MR) is 56.4 cm³/mol. The third-order valence-electron chi connectivity index (χ3n) is 1.79. The molecule has 0 saturated heterocycles. The second-order valence-corrected chi connectivity index (χ2v) is 3.78. The molecular weight excluding hydrogens is 202 g/mol. The quantitative estimate of drug-likeness (QED) is 0.716. The van der Waals surface area contributed by atoms with Crippen LogP contribution in [0.5, 0.6) is 0 Å². The van der Waals surface area contributed by atoms with Gasteiger partial charge in [0, 0.05) is 33.4 Å². The van der Waals surface area contributed by atoms with Crippen LogP contribution in [0.15, 0.2) is 12.3 Å². The third kappa shape index (κ3) is 4.09. The second-order valence-electron chi connectivity index (χ2n) is 3.16. The van der Waals surface area contributed by atoms with Gasteiger partial charge in [-0.2, -0.15) is 5.10 Å². The van der Waals surface area contributed by atoms with E-state index in [0.717, 1.165) is 18.8 Å². The van der Waals surface area contributed by atoms with Gasteiger partial charge >= 0.3 is 0 Å². The summed E-state index contributed by atoms with van der Waals surface area (Å²) in [6.07, 6.45) is 1.92. The van der Waals surface area contributed by atoms with E-state index in [9.17, 15) is 0 Å². The summed E-state index contributed by atoms with van der Waals surface area (Å²) in [5, 5.41) is 7.46. The van der Waals surface area contributed by atoms with Crippen LogP contribution in [0.1, 0.15) is 5.69 Å². The number of nitrogens with one attached hydrogen (secondary N) is 1. The van der Waals surface area contributed by atoms with E-state index < -0.39 is 0 Å². The van der Waals surface area contributed by atoms with Crippen LogP contribution in [0.3, 0.4) is 0 Å². The fourth-order valence-electron chi connectivity index (χ4n) is 1.15. The molecule has 0 amide bonds. The Morgan fingerprint density at radius 2 is 2.50 bits per heavy atom. The van der Waals surface area contributed by atoms with Crippen LogP contribution in [0.25, 0.3) is 0 Å². The molecule has 0 bridgehead atoms. The number of halogens is 1. The lowest BCUT2D eigenvalue weighted by Gasteiger charge is -2.08. The van der Waals surface area contributed by atoms with E-state index in [1.54, 1.807) is 11.8 Å². The number of aromatic nitrogens is 2. The highest BCUT2D eigenvalue weighted by Crippen LogP contribution is 1.96. The summed E-state index contributed by atoms with van der Waals surface area (Å²) in [6.45, 7) is 2.04. The van der Waals surface area contributed by atoms with Gasteiger partial charge in [-0.25, -0.2) is 0 Å². The second kappa shape index (κ2) is 6.01. The molecule has 1 aromatic heterocycles. The lowest BCUT2D eigenvalue weighted by molar-refractivity contribution is 0.197. The highest BCUT2D eigenvalue weighted by Gasteiger charge is 2.03. The van der Waals surface area contributed by atoms with Gasteiger partial charge in [0.05, 0.1) is 17.7 Å². The van der Waals surface area contributed by atoms with Crippen LogP contribution in [-0.4, -0.2) is 35.4 Å². The number of ether oxygens (including phenoxy) is 1. The van der Waals surface area contributed by atoms with Gasteiger partial charge in [0.25, 0.3) is 0 Å². The van der Waals surface area contributed by atoms with Crippen molar-refractivity contribution in [2.24, 2.45) is 7.05 Å². The van der Waals surface area contributed by atoms with Crippen molar-refractivity contribution >= 4 is 11.6 Å². The monoisotopic (exact) mass is 217 g/mol. The van der Waals surface area contributed by atoms with Crippen LogP contribution in [0.2, 0.25) is 0 Å². The molecule has 4 nitrogen and oxygen atoms in total. The summed E-state index contributed by atoms with van der Waals surface area (Å²) in [5.41, 5.74) is 1.02. The van der Waals surface area contributed by atoms with Gasteiger partial charge < -0.3 is 10.1 Å². The number of rotatable bonds is 6. The zero-order valence-corrected chi connectivity index (χ0v) is 9.29. The zero-order chi connectivity index (χ0) is 10.4. The molecule has 1 atom stereocenters. The number of aryl methyl sites for hydroxylation is 1. The Morgan fingerprint density at radius 1 is 1.71 bits per heavy atom. The topological polar surface area (TPSA) is 39.1 Å². The van der Waals surface area contributed by atoms with Crippen molar-refractivity contribution in [3.05, 3.63) is 18.0 Å². The minimum atomic E-state index is 0.0173. The Morgan fingerprint density at radius 3 is 3.07 bits per heavy atom. The van der Waals surface area contributed by atoms with Crippen molar-refractivity contribution in [1.29, 1.82) is 0 Å². The zero-order valence-electron chi connectivity index (χ0n) is 8.53. The Hall–Kier alpha value is -0.580. The molecule has 80 valence electrons. The van der Waals surface area contributed by atoms with Gasteiger partial charge in [-0.05, 0) is 6.07 Å². The van der Waals surface area contributed by atoms with Crippen molar-refractivity contribution < 1.29 is 4.74 Å². The largest absolute Gasteiger partial charge is 0.383 e. The van der Waals surface area contributed by atoms with Gasteiger partial charge in [-0.15, -0.1) is 11.6 Å². The van der Waals surface area contributed by atoms with Crippen molar-refractivity contribution in [1.82, 2.24) is 15.1 Å². The molecule has 0 aliphatic heterocycles. The van der Waals surface area contributed by atoms with Gasteiger partial charge in [0.2, 0.25) is 0 Å². The average molecular weight is 218 g/mol. The fourth-order valence-corrected chi connectivity index (χ4v) is 1.39. The molecule has 0 aliphatic rings. The number of hydrogen-bond acceptors (Lipinski definition) is 3. The Balaban J connectivity index is 2.15. The van der Waals surface area contributed by atoms with E-state index in [4.69, 9.17) is 16.3 Å². The molecule has 5 heteroatoms. The first-order valence-corrected chi connectivity index (χ1v) is 4.98. The fraction of sp³-hybridized carbons (Fsp3) is 0.667. The van der Waals surface area contributed by atoms with Crippen molar-refractivity contribution in [3.8, 4) is 0 Å². The van der Waals surface area contributed by atoms with Crippen LogP contribution >= 0.6 is 11.6 Å². The molecule has 0 aliphatic carbocycles. The van der Waals surface area contributed by atoms with Crippen molar-refractivity contribution in [3.63, 3.8) is 0 Å². The molecule has 1 unspecified atom stereocenters. The Kier molecular flexibility index (Phi) is 4.93. The number of methoxy groups -OCH3 is 1. The van der Waals surface area contributed by atoms with Gasteiger partial charge in [0.1, 0.15) is 0 Å². The lowest BCUT2D eigenvalue weighted by Crippen LogP contribution is -2.26. The standard InChI is InChI=1S/C9H16ClN3O/c1-13-4-3-9(12-13)6-11-5-8(10)7-14-2/h3-4,8,11H,5-7H2,1-2H3. The molecule has 1 rings (SSSR count). The molecule has 1 heterocycles. The minimum absolute atomic E-state index is 0.0173. The summed E-state index contributed by atoms with van der Waals surface area (Å²) in [5.74, 6) is 0. The summed E-state index contributed by atoms with van der Waals surface area (Å²) in [6, 6.07) is 1.98. The van der Waals surface area contributed by atoms with E-state index >= 15 is 0 Å². The minimum Gasteiger partial charge on any atom is -0.383 e. The maximum absolute atomic E-state index is 5.94. The van der Waals surface area contributed by atoms with Crippen LogP contribution in [-0.2, 0) is 18.3 Å². The van der Waals surface area contributed by atoms with Crippen LogP contribution < -0.4 is 5.32 Å². The lowest BCUT2D eigenvalue weighted by atomic mass is 10.4. The molecular formula is C9H16ClN3O. The maximum atomic E-state index is 5.94. The normalized spacial score (nSPS) is 13.1.